The van der Waals surface area contributed by atoms with Crippen LogP contribution in [0.4, 0.5) is 0 Å². The van der Waals surface area contributed by atoms with Gasteiger partial charge in [0, 0.05) is 0 Å². The Bertz CT molecular complexity index is 534. The van der Waals surface area contributed by atoms with Gasteiger partial charge in [-0.3, -0.25) is 0 Å². The van der Waals surface area contributed by atoms with Crippen molar-refractivity contribution in [1.82, 2.24) is 0 Å². The van der Waals surface area contributed by atoms with E-state index < -0.39 is 0 Å². The summed E-state index contributed by atoms with van der Waals surface area (Å²) in [5.74, 6) is 1.89. The molecule has 0 amide bonds. The fourth-order valence-electron chi connectivity index (χ4n) is 2.36. The molecular weight excluding hydrogens is 412 g/mol. The maximum absolute atomic E-state index is 5.46. The minimum atomic E-state index is 0. The van der Waals surface area contributed by atoms with Gasteiger partial charge < -0.3 is 0 Å². The maximum atomic E-state index is 5.46. The molecule has 1 aromatic carbocycles. The summed E-state index contributed by atoms with van der Waals surface area (Å²) in [6.45, 7) is 14.4. The van der Waals surface area contributed by atoms with Crippen LogP contribution in [0.1, 0.15) is 57.1 Å². The van der Waals surface area contributed by atoms with E-state index >= 15 is 0 Å². The molecule has 0 aliphatic carbocycles. The number of allylic oxidation sites excluding steroid dienone is 2. The van der Waals surface area contributed by atoms with Crippen molar-refractivity contribution >= 4 is 16.5 Å². The van der Waals surface area contributed by atoms with E-state index in [2.05, 4.69) is 74.0 Å². The molecule has 23 heavy (non-hydrogen) atoms. The van der Waals surface area contributed by atoms with Crippen LogP contribution in [0.2, 0.25) is 0 Å². The van der Waals surface area contributed by atoms with Crippen LogP contribution < -0.4 is 0 Å². The summed E-state index contributed by atoms with van der Waals surface area (Å²) in [6, 6.07) is 8.09. The molecule has 0 aliphatic rings. The van der Waals surface area contributed by atoms with E-state index in [9.17, 15) is 0 Å². The molecule has 0 N–H and O–H groups in total. The quantitative estimate of drug-likeness (QED) is 0.278. The van der Waals surface area contributed by atoms with E-state index in [-0.39, 0.29) is 32.7 Å². The second-order valence-electron chi connectivity index (χ2n) is 5.68. The van der Waals surface area contributed by atoms with Crippen molar-refractivity contribution in [3.8, 4) is 0 Å². The summed E-state index contributed by atoms with van der Waals surface area (Å²) in [4.78, 5) is 1.19. The minimum absolute atomic E-state index is 0. The van der Waals surface area contributed by atoms with E-state index in [4.69, 9.17) is 6.58 Å². The third-order valence-electron chi connectivity index (χ3n) is 3.51. The normalized spacial score (nSPS) is 12.6. The molecule has 0 spiro atoms. The maximum Gasteiger partial charge on any atom is 3.00 e. The van der Waals surface area contributed by atoms with Gasteiger partial charge in [-0.05, 0) is 0 Å². The number of rotatable bonds is 9. The number of benzene rings is 1. The van der Waals surface area contributed by atoms with Crippen molar-refractivity contribution in [2.45, 2.75) is 50.8 Å². The smallest absolute Gasteiger partial charge is 3.00 e. The molecule has 0 aromatic heterocycles. The summed E-state index contributed by atoms with van der Waals surface area (Å²) in [5, 5.41) is 0. The fraction of sp³-hybridized carbons (Fsp3) is 0.400. The van der Waals surface area contributed by atoms with Crippen LogP contribution in [-0.4, -0.2) is 10.5 Å². The van der Waals surface area contributed by atoms with Gasteiger partial charge in [-0.2, -0.15) is 0 Å². The van der Waals surface area contributed by atoms with Gasteiger partial charge in [0.05, 0.1) is 0 Å². The van der Waals surface area contributed by atoms with Crippen LogP contribution in [0.15, 0.2) is 34.8 Å². The van der Waals surface area contributed by atoms with Crippen LogP contribution >= 0.6 is 11.8 Å². The molecule has 3 heteroatoms. The fourth-order valence-corrected chi connectivity index (χ4v) is 3.59. The first-order valence-corrected chi connectivity index (χ1v) is 9.32. The Hall–Kier alpha value is 0.608. The van der Waals surface area contributed by atoms with Crippen molar-refractivity contribution < 1.29 is 49.7 Å². The van der Waals surface area contributed by atoms with Gasteiger partial charge in [0.2, 0.25) is 0 Å². The topological polar surface area (TPSA) is 0 Å². The Morgan fingerprint density at radius 1 is 1.43 bits per heavy atom. The van der Waals surface area contributed by atoms with Gasteiger partial charge in [-0.25, -0.2) is 0 Å². The second-order valence-corrected chi connectivity index (χ2v) is 7.04. The summed E-state index contributed by atoms with van der Waals surface area (Å²) in [7, 11) is 0. The van der Waals surface area contributed by atoms with Gasteiger partial charge in [-0.15, -0.1) is 0 Å². The molecule has 0 aliphatic heterocycles. The summed E-state index contributed by atoms with van der Waals surface area (Å²) < 4.78 is 3.11. The molecule has 0 radical (unpaired) electrons. The van der Waals surface area contributed by atoms with Crippen LogP contribution in [0.25, 0.3) is 0 Å². The third-order valence-corrected chi connectivity index (χ3v) is 4.96. The Kier molecular flexibility index (Phi) is 13.2. The molecule has 0 heterocycles. The standard InChI is InChI=1S/C20H24S.V.Y/c1-7-9-16(5)14-21-18-11-12-19(15(3)4)20(13-18)17(6)10-8-2;;/h1,7-9,11-12,15,17H,10,14H2,2-4,6H3;;/q-4;;+3/b16-9+;;. The summed E-state index contributed by atoms with van der Waals surface area (Å²) in [5.41, 5.74) is 3.86. The molecule has 1 atom stereocenters. The first-order chi connectivity index (χ1) is 10.5. The van der Waals surface area contributed by atoms with Gasteiger partial charge in [0.15, 0.2) is 0 Å². The Balaban J connectivity index is 0.00000484. The third kappa shape index (κ3) is 8.02. The molecular formula is C20H24SVY-. The predicted molar refractivity (Wildman–Crippen MR) is 95.1 cm³/mol. The second kappa shape index (κ2) is 12.9. The number of hydrogen-bond acceptors (Lipinski definition) is 1. The molecule has 1 unspecified atom stereocenters. The van der Waals surface area contributed by atoms with Gasteiger partial charge in [-0.1, -0.05) is 0 Å². The SMILES string of the molecule is [CH-]=C/C=C(\[C-]=[V])CSc1[c-]c(C(C)C[CH-]C)c(C(C)C)cc1.[Y+3]. The summed E-state index contributed by atoms with van der Waals surface area (Å²) >= 11 is 4.15. The Labute approximate surface area is 181 Å². The van der Waals surface area contributed by atoms with Gasteiger partial charge in [0.25, 0.3) is 0 Å². The van der Waals surface area contributed by atoms with Crippen molar-refractivity contribution in [1.29, 1.82) is 0 Å². The number of hydrogen-bond donors (Lipinski definition) is 0. The van der Waals surface area contributed by atoms with Crippen molar-refractivity contribution in [2.75, 3.05) is 5.75 Å². The molecule has 1 rings (SSSR count). The van der Waals surface area contributed by atoms with Crippen molar-refractivity contribution in [3.63, 3.8) is 0 Å². The van der Waals surface area contributed by atoms with Crippen LogP contribution in [0.5, 0.6) is 0 Å². The van der Waals surface area contributed by atoms with Crippen molar-refractivity contribution in [3.05, 3.63) is 60.1 Å². The van der Waals surface area contributed by atoms with E-state index in [1.165, 1.54) is 16.0 Å². The minimum Gasteiger partial charge on any atom is 3.00 e. The van der Waals surface area contributed by atoms with Crippen LogP contribution in [0.3, 0.4) is 0 Å². The van der Waals surface area contributed by atoms with E-state index in [1.807, 2.05) is 6.08 Å². The first kappa shape index (κ1) is 23.6. The first-order valence-electron chi connectivity index (χ1n) is 7.64. The Morgan fingerprint density at radius 3 is 2.65 bits per heavy atom. The average Bonchev–Trinajstić information content (AvgIpc) is 2.51. The molecule has 0 bridgehead atoms. The Morgan fingerprint density at radius 2 is 2.13 bits per heavy atom. The molecule has 0 saturated heterocycles. The zero-order chi connectivity index (χ0) is 16.5. The average molecular weight is 436 g/mol. The van der Waals surface area contributed by atoms with E-state index in [1.54, 1.807) is 17.8 Å². The zero-order valence-electron chi connectivity index (χ0n) is 14.5. The molecule has 0 fully saturated rings. The molecule has 119 valence electrons. The van der Waals surface area contributed by atoms with Crippen LogP contribution in [-0.2, 0) is 49.7 Å². The number of thioether (sulfide) groups is 1. The van der Waals surface area contributed by atoms with Crippen LogP contribution in [0, 0.1) is 19.1 Å². The molecule has 0 saturated carbocycles. The summed E-state index contributed by atoms with van der Waals surface area (Å²) in [6.07, 6.45) is 6.78. The largest absolute Gasteiger partial charge is 3.00 e. The molecule has 0 nitrogen and oxygen atoms in total. The predicted octanol–water partition coefficient (Wildman–Crippen LogP) is 5.56. The zero-order valence-corrected chi connectivity index (χ0v) is 19.5. The van der Waals surface area contributed by atoms with E-state index in [0.29, 0.717) is 11.8 Å². The molecule has 1 aromatic rings. The van der Waals surface area contributed by atoms with E-state index in [0.717, 1.165) is 17.7 Å². The monoisotopic (exact) mass is 436 g/mol. The van der Waals surface area contributed by atoms with Gasteiger partial charge >= 0.3 is 183 Å². The van der Waals surface area contributed by atoms with Gasteiger partial charge in [0.1, 0.15) is 0 Å². The van der Waals surface area contributed by atoms with Crippen molar-refractivity contribution in [2.24, 2.45) is 0 Å².